The van der Waals surface area contributed by atoms with Crippen LogP contribution in [0.3, 0.4) is 0 Å². The number of allylic oxidation sites excluding steroid dienone is 1. The number of hydrogen-bond donors (Lipinski definition) is 0. The number of thioether (sulfide) groups is 1. The maximum atomic E-state index is 12.4. The van der Waals surface area contributed by atoms with Crippen LogP contribution in [-0.4, -0.2) is 43.8 Å². The summed E-state index contributed by atoms with van der Waals surface area (Å²) in [5.41, 5.74) is 3.21. The number of aromatic nitrogens is 3. The lowest BCUT2D eigenvalue weighted by Gasteiger charge is -2.13. The van der Waals surface area contributed by atoms with Gasteiger partial charge in [0, 0.05) is 24.4 Å². The SMILES string of the molecule is C=CCn1c(SCCCCN2C(=O)c3ccccc3C2=O)nnc1-c1cccc(C)c1. The molecule has 1 aliphatic heterocycles. The van der Waals surface area contributed by atoms with Crippen molar-refractivity contribution in [1.29, 1.82) is 0 Å². The van der Waals surface area contributed by atoms with E-state index in [0.29, 0.717) is 24.2 Å². The van der Waals surface area contributed by atoms with E-state index >= 15 is 0 Å². The summed E-state index contributed by atoms with van der Waals surface area (Å²) in [4.78, 5) is 26.2. The molecule has 0 saturated carbocycles. The fourth-order valence-electron chi connectivity index (χ4n) is 3.66. The summed E-state index contributed by atoms with van der Waals surface area (Å²) < 4.78 is 2.07. The molecule has 6 nitrogen and oxygen atoms in total. The van der Waals surface area contributed by atoms with Crippen molar-refractivity contribution in [2.45, 2.75) is 31.5 Å². The van der Waals surface area contributed by atoms with Gasteiger partial charge in [0.05, 0.1) is 11.1 Å². The van der Waals surface area contributed by atoms with Gasteiger partial charge in [-0.05, 0) is 38.0 Å². The van der Waals surface area contributed by atoms with E-state index in [9.17, 15) is 9.59 Å². The Kier molecular flexibility index (Phi) is 6.32. The number of hydrogen-bond acceptors (Lipinski definition) is 5. The van der Waals surface area contributed by atoms with E-state index in [4.69, 9.17) is 0 Å². The van der Waals surface area contributed by atoms with Crippen molar-refractivity contribution in [3.63, 3.8) is 0 Å². The van der Waals surface area contributed by atoms with Gasteiger partial charge < -0.3 is 0 Å². The first-order valence-electron chi connectivity index (χ1n) is 10.3. The molecule has 3 aromatic rings. The third-order valence-electron chi connectivity index (χ3n) is 5.19. The van der Waals surface area contributed by atoms with Crippen LogP contribution in [0.5, 0.6) is 0 Å². The summed E-state index contributed by atoms with van der Waals surface area (Å²) in [6, 6.07) is 15.2. The van der Waals surface area contributed by atoms with E-state index in [1.54, 1.807) is 36.0 Å². The van der Waals surface area contributed by atoms with Crippen molar-refractivity contribution >= 4 is 23.6 Å². The molecule has 0 spiro atoms. The van der Waals surface area contributed by atoms with Crippen molar-refractivity contribution < 1.29 is 9.59 Å². The predicted molar refractivity (Wildman–Crippen MR) is 122 cm³/mol. The van der Waals surface area contributed by atoms with Crippen molar-refractivity contribution in [2.75, 3.05) is 12.3 Å². The Labute approximate surface area is 186 Å². The Hall–Kier alpha value is -3.19. The van der Waals surface area contributed by atoms with Gasteiger partial charge in [-0.2, -0.15) is 0 Å². The van der Waals surface area contributed by atoms with Gasteiger partial charge in [0.2, 0.25) is 0 Å². The van der Waals surface area contributed by atoms with Crippen molar-refractivity contribution in [3.05, 3.63) is 77.9 Å². The lowest BCUT2D eigenvalue weighted by atomic mass is 10.1. The van der Waals surface area contributed by atoms with Crippen LogP contribution in [0.2, 0.25) is 0 Å². The summed E-state index contributed by atoms with van der Waals surface area (Å²) in [6.45, 7) is 6.98. The average molecular weight is 433 g/mol. The standard InChI is InChI=1S/C24H24N4O2S/c1-3-13-27-21(18-10-8-9-17(2)16-18)25-26-24(27)31-15-7-6-14-28-22(29)19-11-4-5-12-20(19)23(28)30/h3-5,8-12,16H,1,6-7,13-15H2,2H3. The number of carbonyl (C=O) groups excluding carboxylic acids is 2. The molecule has 4 rings (SSSR count). The first-order chi connectivity index (χ1) is 15.1. The Balaban J connectivity index is 1.34. The largest absolute Gasteiger partial charge is 0.298 e. The maximum Gasteiger partial charge on any atom is 0.261 e. The topological polar surface area (TPSA) is 68.1 Å². The van der Waals surface area contributed by atoms with Gasteiger partial charge in [-0.15, -0.1) is 16.8 Å². The van der Waals surface area contributed by atoms with Gasteiger partial charge in [-0.1, -0.05) is 53.7 Å². The summed E-state index contributed by atoms with van der Waals surface area (Å²) in [7, 11) is 0. The minimum absolute atomic E-state index is 0.193. The third kappa shape index (κ3) is 4.32. The van der Waals surface area contributed by atoms with E-state index in [1.807, 2.05) is 18.2 Å². The minimum Gasteiger partial charge on any atom is -0.298 e. The molecule has 0 fully saturated rings. The minimum atomic E-state index is -0.193. The van der Waals surface area contributed by atoms with Gasteiger partial charge in [0.1, 0.15) is 0 Å². The smallest absolute Gasteiger partial charge is 0.261 e. The third-order valence-corrected chi connectivity index (χ3v) is 6.24. The highest BCUT2D eigenvalue weighted by molar-refractivity contribution is 7.99. The normalized spacial score (nSPS) is 13.0. The van der Waals surface area contributed by atoms with Gasteiger partial charge in [0.25, 0.3) is 11.8 Å². The fourth-order valence-corrected chi connectivity index (χ4v) is 4.61. The molecule has 0 atom stereocenters. The number of amides is 2. The number of carbonyl (C=O) groups is 2. The van der Waals surface area contributed by atoms with Crippen LogP contribution in [0.1, 0.15) is 39.1 Å². The van der Waals surface area contributed by atoms with Gasteiger partial charge >= 0.3 is 0 Å². The molecule has 0 aliphatic carbocycles. The number of nitrogens with zero attached hydrogens (tertiary/aromatic N) is 4. The number of aryl methyl sites for hydroxylation is 1. The Morgan fingerprint density at radius 2 is 1.74 bits per heavy atom. The van der Waals surface area contributed by atoms with Crippen molar-refractivity contribution in [1.82, 2.24) is 19.7 Å². The maximum absolute atomic E-state index is 12.4. The predicted octanol–water partition coefficient (Wildman–Crippen LogP) is 4.61. The van der Waals surface area contributed by atoms with E-state index in [1.165, 1.54) is 10.5 Å². The molecule has 0 bridgehead atoms. The highest BCUT2D eigenvalue weighted by Crippen LogP contribution is 2.26. The van der Waals surface area contributed by atoms with Crippen LogP contribution in [0, 0.1) is 6.92 Å². The molecule has 0 unspecified atom stereocenters. The fraction of sp³-hybridized carbons (Fsp3) is 0.250. The zero-order valence-electron chi connectivity index (χ0n) is 17.5. The molecular weight excluding hydrogens is 408 g/mol. The van der Waals surface area contributed by atoms with Gasteiger partial charge in [-0.3, -0.25) is 19.1 Å². The molecule has 2 aromatic carbocycles. The molecular formula is C24H24N4O2S. The molecule has 0 saturated heterocycles. The average Bonchev–Trinajstić information content (AvgIpc) is 3.28. The second kappa shape index (κ2) is 9.31. The first kappa shape index (κ1) is 21.1. The lowest BCUT2D eigenvalue weighted by molar-refractivity contribution is 0.0652. The number of rotatable bonds is 9. The van der Waals surface area contributed by atoms with E-state index in [-0.39, 0.29) is 11.8 Å². The summed E-state index contributed by atoms with van der Waals surface area (Å²) in [5, 5.41) is 9.62. The zero-order chi connectivity index (χ0) is 21.8. The molecule has 0 radical (unpaired) electrons. The summed E-state index contributed by atoms with van der Waals surface area (Å²) in [5.74, 6) is 1.27. The van der Waals surface area contributed by atoms with Crippen LogP contribution >= 0.6 is 11.8 Å². The lowest BCUT2D eigenvalue weighted by Crippen LogP contribution is -2.30. The molecule has 1 aliphatic rings. The van der Waals surface area contributed by atoms with Crippen LogP contribution in [0.15, 0.2) is 66.3 Å². The highest BCUT2D eigenvalue weighted by atomic mass is 32.2. The summed E-state index contributed by atoms with van der Waals surface area (Å²) in [6.07, 6.45) is 3.45. The van der Waals surface area contributed by atoms with Crippen LogP contribution in [0.25, 0.3) is 11.4 Å². The molecule has 2 amide bonds. The number of imide groups is 1. The monoisotopic (exact) mass is 432 g/mol. The van der Waals surface area contributed by atoms with Crippen LogP contribution in [0.4, 0.5) is 0 Å². The molecule has 7 heteroatoms. The van der Waals surface area contributed by atoms with E-state index in [0.717, 1.165) is 35.1 Å². The highest BCUT2D eigenvalue weighted by Gasteiger charge is 2.34. The molecule has 0 N–H and O–H groups in total. The Morgan fingerprint density at radius 1 is 1.00 bits per heavy atom. The van der Waals surface area contributed by atoms with Crippen molar-refractivity contribution in [2.24, 2.45) is 0 Å². The quantitative estimate of drug-likeness (QED) is 0.214. The molecule has 158 valence electrons. The van der Waals surface area contributed by atoms with E-state index < -0.39 is 0 Å². The first-order valence-corrected chi connectivity index (χ1v) is 11.3. The Morgan fingerprint density at radius 3 is 2.42 bits per heavy atom. The van der Waals surface area contributed by atoms with E-state index in [2.05, 4.69) is 40.4 Å². The number of fused-ring (bicyclic) bond motifs is 1. The second-order valence-corrected chi connectivity index (χ2v) is 8.50. The number of unbranched alkanes of at least 4 members (excludes halogenated alkanes) is 1. The van der Waals surface area contributed by atoms with Crippen molar-refractivity contribution in [3.8, 4) is 11.4 Å². The molecule has 1 aromatic heterocycles. The molecule has 2 heterocycles. The van der Waals surface area contributed by atoms with Crippen LogP contribution in [-0.2, 0) is 6.54 Å². The summed E-state index contributed by atoms with van der Waals surface area (Å²) >= 11 is 1.63. The molecule has 31 heavy (non-hydrogen) atoms. The zero-order valence-corrected chi connectivity index (χ0v) is 18.3. The number of benzene rings is 2. The Bertz CT molecular complexity index is 1100. The van der Waals surface area contributed by atoms with Gasteiger partial charge in [-0.25, -0.2) is 0 Å². The second-order valence-electron chi connectivity index (χ2n) is 7.44. The van der Waals surface area contributed by atoms with Gasteiger partial charge in [0.15, 0.2) is 11.0 Å². The van der Waals surface area contributed by atoms with Crippen LogP contribution < -0.4 is 0 Å².